The lowest BCUT2D eigenvalue weighted by Gasteiger charge is -2.20. The SMILES string of the molecule is CCN(CC)C(=O)c1nc(C(=O)NCC(=O)CC(C)(C)C(=O)OC)sc1-c1ccc(S(=O)(=O)N[C@@H](C)C(F)(F)F)c(Cl)c1Cl. The van der Waals surface area contributed by atoms with Gasteiger partial charge in [0.2, 0.25) is 10.0 Å². The van der Waals surface area contributed by atoms with Crippen molar-refractivity contribution < 1.29 is 45.5 Å². The molecule has 0 fully saturated rings. The number of methoxy groups -OCH3 is 1. The van der Waals surface area contributed by atoms with E-state index < -0.39 is 72.7 Å². The van der Waals surface area contributed by atoms with Crippen LogP contribution in [-0.4, -0.2) is 80.8 Å². The van der Waals surface area contributed by atoms with E-state index in [9.17, 15) is 40.8 Å². The summed E-state index contributed by atoms with van der Waals surface area (Å²) in [5.74, 6) is -2.52. The summed E-state index contributed by atoms with van der Waals surface area (Å²) in [6.45, 7) is 7.13. The van der Waals surface area contributed by atoms with Gasteiger partial charge in [0.15, 0.2) is 10.8 Å². The molecule has 2 N–H and O–H groups in total. The number of hydrogen-bond donors (Lipinski definition) is 2. The van der Waals surface area contributed by atoms with Gasteiger partial charge in [-0.25, -0.2) is 13.4 Å². The Balaban J connectivity index is 2.52. The summed E-state index contributed by atoms with van der Waals surface area (Å²) in [4.78, 5) is 55.5. The van der Waals surface area contributed by atoms with Crippen molar-refractivity contribution in [2.45, 2.75) is 58.2 Å². The number of aromatic nitrogens is 1. The minimum atomic E-state index is -4.87. The molecule has 2 amide bonds. The van der Waals surface area contributed by atoms with Gasteiger partial charge in [0.1, 0.15) is 16.6 Å². The van der Waals surface area contributed by atoms with Crippen molar-refractivity contribution in [2.24, 2.45) is 5.41 Å². The third-order valence-corrected chi connectivity index (χ3v) is 9.97. The van der Waals surface area contributed by atoms with Crippen molar-refractivity contribution in [1.82, 2.24) is 19.9 Å². The van der Waals surface area contributed by atoms with E-state index in [1.165, 1.54) is 30.6 Å². The molecule has 1 aromatic carbocycles. The van der Waals surface area contributed by atoms with Crippen LogP contribution in [0.2, 0.25) is 10.0 Å². The van der Waals surface area contributed by atoms with Gasteiger partial charge in [-0.05, 0) is 40.7 Å². The maximum absolute atomic E-state index is 13.3. The molecule has 0 aliphatic heterocycles. The van der Waals surface area contributed by atoms with Gasteiger partial charge in [-0.1, -0.05) is 29.3 Å². The Kier molecular flexibility index (Phi) is 12.4. The predicted molar refractivity (Wildman–Crippen MR) is 158 cm³/mol. The summed E-state index contributed by atoms with van der Waals surface area (Å²) >= 11 is 13.3. The standard InChI is InChI=1S/C26H31Cl2F3N4O7S2/c1-7-35(8-2)23(38)19-20(43-22(33-19)21(37)32-12-14(36)11-25(4,5)24(39)42-6)15-9-10-16(18(28)17(15)27)44(40,41)34-13(3)26(29,30)31/h9-10,13,34H,7-8,11-12H2,1-6H3,(H,32,37)/t13-/m0/s1. The molecule has 2 aromatic rings. The zero-order valence-corrected chi connectivity index (χ0v) is 27.7. The summed E-state index contributed by atoms with van der Waals surface area (Å²) in [6.07, 6.45) is -5.10. The normalized spacial score (nSPS) is 12.9. The van der Waals surface area contributed by atoms with Gasteiger partial charge in [-0.15, -0.1) is 11.3 Å². The smallest absolute Gasteiger partial charge is 0.404 e. The zero-order valence-electron chi connectivity index (χ0n) is 24.5. The minimum absolute atomic E-state index is 0.0116. The second-order valence-electron chi connectivity index (χ2n) is 10.1. The third kappa shape index (κ3) is 8.68. The van der Waals surface area contributed by atoms with Crippen molar-refractivity contribution in [3.05, 3.63) is 32.9 Å². The quantitative estimate of drug-likeness (QED) is 0.285. The van der Waals surface area contributed by atoms with Crippen molar-refractivity contribution in [3.63, 3.8) is 0 Å². The van der Waals surface area contributed by atoms with E-state index in [2.05, 4.69) is 15.0 Å². The van der Waals surface area contributed by atoms with Crippen molar-refractivity contribution in [3.8, 4) is 10.4 Å². The largest absolute Gasteiger partial charge is 0.469 e. The number of ether oxygens (including phenoxy) is 1. The highest BCUT2D eigenvalue weighted by atomic mass is 35.5. The van der Waals surface area contributed by atoms with Crippen molar-refractivity contribution >= 4 is 68.1 Å². The first-order valence-electron chi connectivity index (χ1n) is 13.0. The number of nitrogens with one attached hydrogen (secondary N) is 2. The lowest BCUT2D eigenvalue weighted by atomic mass is 9.87. The monoisotopic (exact) mass is 702 g/mol. The highest BCUT2D eigenvalue weighted by Crippen LogP contribution is 2.42. The van der Waals surface area contributed by atoms with Crippen LogP contribution in [0.15, 0.2) is 17.0 Å². The number of ketones is 1. The van der Waals surface area contributed by atoms with Gasteiger partial charge >= 0.3 is 12.1 Å². The predicted octanol–water partition coefficient (Wildman–Crippen LogP) is 4.72. The summed E-state index contributed by atoms with van der Waals surface area (Å²) in [5.41, 5.74) is -1.37. The molecular formula is C26H31Cl2F3N4O7S2. The van der Waals surface area contributed by atoms with Gasteiger partial charge in [0.25, 0.3) is 11.8 Å². The Bertz CT molecular complexity index is 1540. The van der Waals surface area contributed by atoms with E-state index >= 15 is 0 Å². The van der Waals surface area contributed by atoms with Crippen molar-refractivity contribution in [1.29, 1.82) is 0 Å². The second-order valence-corrected chi connectivity index (χ2v) is 13.5. The van der Waals surface area contributed by atoms with Crippen LogP contribution in [0, 0.1) is 5.41 Å². The summed E-state index contributed by atoms with van der Waals surface area (Å²) in [7, 11) is -3.60. The summed E-state index contributed by atoms with van der Waals surface area (Å²) in [6, 6.07) is -0.378. The highest BCUT2D eigenvalue weighted by molar-refractivity contribution is 7.89. The van der Waals surface area contributed by atoms with E-state index in [1.807, 2.05) is 0 Å². The number of nitrogens with zero attached hydrogens (tertiary/aromatic N) is 2. The van der Waals surface area contributed by atoms with Crippen LogP contribution in [0.1, 0.15) is 61.3 Å². The molecule has 18 heteroatoms. The van der Waals surface area contributed by atoms with Gasteiger partial charge in [-0.3, -0.25) is 19.2 Å². The van der Waals surface area contributed by atoms with Crippen LogP contribution in [0.4, 0.5) is 13.2 Å². The number of rotatable bonds is 13. The maximum atomic E-state index is 13.3. The number of carbonyl (C=O) groups is 4. The van der Waals surface area contributed by atoms with Gasteiger partial charge in [0.05, 0.1) is 34.0 Å². The number of thiazole rings is 1. The molecule has 0 saturated carbocycles. The lowest BCUT2D eigenvalue weighted by molar-refractivity contribution is -0.152. The van der Waals surface area contributed by atoms with Gasteiger partial charge < -0.3 is 15.0 Å². The highest BCUT2D eigenvalue weighted by Gasteiger charge is 2.40. The first-order valence-corrected chi connectivity index (χ1v) is 16.0. The molecular weight excluding hydrogens is 672 g/mol. The molecule has 44 heavy (non-hydrogen) atoms. The van der Waals surface area contributed by atoms with Crippen LogP contribution in [0.25, 0.3) is 10.4 Å². The summed E-state index contributed by atoms with van der Waals surface area (Å²) in [5, 5.41) is 1.11. The maximum Gasteiger partial charge on any atom is 0.404 e. The number of amides is 2. The van der Waals surface area contributed by atoms with Crippen LogP contribution >= 0.6 is 34.5 Å². The third-order valence-electron chi connectivity index (χ3n) is 6.30. The molecule has 1 heterocycles. The molecule has 1 aromatic heterocycles. The molecule has 0 spiro atoms. The molecule has 1 atom stereocenters. The average Bonchev–Trinajstić information content (AvgIpc) is 3.37. The fraction of sp³-hybridized carbons (Fsp3) is 0.500. The fourth-order valence-electron chi connectivity index (χ4n) is 3.84. The fourth-order valence-corrected chi connectivity index (χ4v) is 7.00. The van der Waals surface area contributed by atoms with Gasteiger partial charge in [-0.2, -0.15) is 17.9 Å². The van der Waals surface area contributed by atoms with E-state index in [0.29, 0.717) is 18.3 Å². The number of Topliss-reactive ketones (excluding diaryl/α,β-unsaturated/α-hetero) is 1. The van der Waals surface area contributed by atoms with Crippen LogP contribution in [-0.2, 0) is 24.3 Å². The number of alkyl halides is 3. The molecule has 11 nitrogen and oxygen atoms in total. The minimum Gasteiger partial charge on any atom is -0.469 e. The topological polar surface area (TPSA) is 152 Å². The average molecular weight is 704 g/mol. The molecule has 0 saturated heterocycles. The van der Waals surface area contributed by atoms with Crippen LogP contribution < -0.4 is 10.0 Å². The lowest BCUT2D eigenvalue weighted by Crippen LogP contribution is -2.43. The molecule has 0 bridgehead atoms. The zero-order chi connectivity index (χ0) is 33.8. The number of hydrogen-bond acceptors (Lipinski definition) is 9. The Hall–Kier alpha value is -2.79. The number of sulfonamides is 1. The van der Waals surface area contributed by atoms with Crippen LogP contribution in [0.3, 0.4) is 0 Å². The van der Waals surface area contributed by atoms with E-state index in [4.69, 9.17) is 23.2 Å². The molecule has 2 rings (SSSR count). The number of esters is 1. The van der Waals surface area contributed by atoms with Gasteiger partial charge in [0, 0.05) is 25.1 Å². The van der Waals surface area contributed by atoms with Crippen molar-refractivity contribution in [2.75, 3.05) is 26.7 Å². The molecule has 0 radical (unpaired) electrons. The molecule has 0 aliphatic rings. The van der Waals surface area contributed by atoms with Crippen LogP contribution in [0.5, 0.6) is 0 Å². The molecule has 0 unspecified atom stereocenters. The Morgan fingerprint density at radius 1 is 1.09 bits per heavy atom. The van der Waals surface area contributed by atoms with E-state index in [-0.39, 0.29) is 40.7 Å². The molecule has 0 aliphatic carbocycles. The number of halogens is 5. The number of carbonyl (C=O) groups excluding carboxylic acids is 4. The second kappa shape index (κ2) is 14.5. The first kappa shape index (κ1) is 37.4. The first-order chi connectivity index (χ1) is 20.2. The Morgan fingerprint density at radius 2 is 1.68 bits per heavy atom. The molecule has 244 valence electrons. The van der Waals surface area contributed by atoms with E-state index in [0.717, 1.165) is 12.1 Å². The van der Waals surface area contributed by atoms with E-state index in [1.54, 1.807) is 13.8 Å². The Labute approximate surface area is 266 Å². The summed E-state index contributed by atoms with van der Waals surface area (Å²) < 4.78 is 70.5. The Morgan fingerprint density at radius 3 is 2.20 bits per heavy atom. The number of benzene rings is 1.